The Morgan fingerprint density at radius 1 is 0.500 bits per heavy atom. The first-order chi connectivity index (χ1) is 25.7. The Bertz CT molecular complexity index is 3030. The van der Waals surface area contributed by atoms with Crippen molar-refractivity contribution in [1.29, 1.82) is 0 Å². The molecule has 0 saturated heterocycles. The van der Waals surface area contributed by atoms with E-state index in [-0.39, 0.29) is 0 Å². The molecule has 0 aliphatic heterocycles. The van der Waals surface area contributed by atoms with Crippen LogP contribution in [0.5, 0.6) is 0 Å². The first-order valence-electron chi connectivity index (χ1n) is 18.2. The number of fused-ring (bicyclic) bond motifs is 10. The molecule has 0 spiro atoms. The Balaban J connectivity index is 0.957. The second-order valence-electron chi connectivity index (χ2n) is 14.2. The van der Waals surface area contributed by atoms with Crippen molar-refractivity contribution >= 4 is 70.3 Å². The molecule has 10 aromatic rings. The summed E-state index contributed by atoms with van der Waals surface area (Å²) in [7, 11) is 0. The summed E-state index contributed by atoms with van der Waals surface area (Å²) in [4.78, 5) is 0. The molecule has 0 bridgehead atoms. The molecular formula is C49H34N2S. The fourth-order valence-electron chi connectivity index (χ4n) is 8.70. The first-order valence-corrected chi connectivity index (χ1v) is 19.0. The van der Waals surface area contributed by atoms with Gasteiger partial charge in [0.15, 0.2) is 0 Å². The van der Waals surface area contributed by atoms with E-state index in [1.807, 2.05) is 11.3 Å². The number of rotatable bonds is 4. The SMILES string of the molecule is CC1CC=Cc2c1n(-c1ccccc1)c1ccc(-c3ccc(-c4ccc(-n5c6ccccc6c6c7sc8ccccc8c7ccc65)cc4)cc3)cc21. The lowest BCUT2D eigenvalue weighted by Crippen LogP contribution is -2.06. The van der Waals surface area contributed by atoms with Crippen LogP contribution >= 0.6 is 11.3 Å². The topological polar surface area (TPSA) is 9.86 Å². The summed E-state index contributed by atoms with van der Waals surface area (Å²) in [6.45, 7) is 2.35. The zero-order chi connectivity index (χ0) is 34.3. The highest BCUT2D eigenvalue weighted by Gasteiger charge is 2.24. The smallest absolute Gasteiger partial charge is 0.0555 e. The maximum absolute atomic E-state index is 2.47. The first kappa shape index (κ1) is 29.6. The van der Waals surface area contributed by atoms with E-state index < -0.39 is 0 Å². The second-order valence-corrected chi connectivity index (χ2v) is 15.2. The van der Waals surface area contributed by atoms with Gasteiger partial charge in [-0.05, 0) is 83.3 Å². The van der Waals surface area contributed by atoms with Crippen LogP contribution in [-0.2, 0) is 0 Å². The molecule has 0 amide bonds. The predicted octanol–water partition coefficient (Wildman–Crippen LogP) is 13.9. The van der Waals surface area contributed by atoms with Crippen molar-refractivity contribution in [2.45, 2.75) is 19.3 Å². The number of hydrogen-bond donors (Lipinski definition) is 0. The van der Waals surface area contributed by atoms with Gasteiger partial charge in [0.2, 0.25) is 0 Å². The van der Waals surface area contributed by atoms with Crippen molar-refractivity contribution in [2.24, 2.45) is 0 Å². The highest BCUT2D eigenvalue weighted by Crippen LogP contribution is 2.44. The van der Waals surface area contributed by atoms with Crippen molar-refractivity contribution in [3.8, 4) is 33.6 Å². The van der Waals surface area contributed by atoms with Gasteiger partial charge in [0.25, 0.3) is 0 Å². The molecule has 0 radical (unpaired) electrons. The van der Waals surface area contributed by atoms with Crippen LogP contribution in [0, 0.1) is 0 Å². The van der Waals surface area contributed by atoms with Gasteiger partial charge in [0.1, 0.15) is 0 Å². The van der Waals surface area contributed by atoms with E-state index in [9.17, 15) is 0 Å². The number of aromatic nitrogens is 2. The van der Waals surface area contributed by atoms with Gasteiger partial charge in [-0.25, -0.2) is 0 Å². The molecular weight excluding hydrogens is 649 g/mol. The Hall–Kier alpha value is -6.16. The summed E-state index contributed by atoms with van der Waals surface area (Å²) in [6, 6.07) is 58.1. The molecule has 2 nitrogen and oxygen atoms in total. The number of benzene rings is 7. The van der Waals surface area contributed by atoms with E-state index in [1.54, 1.807) is 0 Å². The Kier molecular flexibility index (Phi) is 6.50. The molecule has 1 unspecified atom stereocenters. The number of hydrogen-bond acceptors (Lipinski definition) is 1. The molecule has 1 aliphatic carbocycles. The monoisotopic (exact) mass is 682 g/mol. The predicted molar refractivity (Wildman–Crippen MR) is 223 cm³/mol. The van der Waals surface area contributed by atoms with Crippen LogP contribution in [0.15, 0.2) is 164 Å². The van der Waals surface area contributed by atoms with Crippen molar-refractivity contribution in [2.75, 3.05) is 0 Å². The van der Waals surface area contributed by atoms with Gasteiger partial charge in [-0.1, -0.05) is 122 Å². The quantitative estimate of drug-likeness (QED) is 0.175. The van der Waals surface area contributed by atoms with Gasteiger partial charge in [-0.3, -0.25) is 0 Å². The van der Waals surface area contributed by atoms with Crippen LogP contribution in [0.4, 0.5) is 0 Å². The lowest BCUT2D eigenvalue weighted by Gasteiger charge is -2.19. The van der Waals surface area contributed by atoms with E-state index in [0.29, 0.717) is 5.92 Å². The zero-order valence-corrected chi connectivity index (χ0v) is 29.6. The minimum Gasteiger partial charge on any atom is -0.313 e. The fourth-order valence-corrected chi connectivity index (χ4v) is 9.96. The molecule has 11 rings (SSSR count). The van der Waals surface area contributed by atoms with Crippen LogP contribution in [-0.4, -0.2) is 9.13 Å². The average molecular weight is 683 g/mol. The van der Waals surface area contributed by atoms with Gasteiger partial charge >= 0.3 is 0 Å². The molecule has 52 heavy (non-hydrogen) atoms. The molecule has 3 aromatic heterocycles. The lowest BCUT2D eigenvalue weighted by atomic mass is 9.92. The van der Waals surface area contributed by atoms with E-state index >= 15 is 0 Å². The number of allylic oxidation sites excluding steroid dienone is 1. The maximum atomic E-state index is 2.47. The molecule has 1 aliphatic rings. The van der Waals surface area contributed by atoms with Crippen molar-refractivity contribution < 1.29 is 0 Å². The maximum Gasteiger partial charge on any atom is 0.0555 e. The van der Waals surface area contributed by atoms with Crippen LogP contribution in [0.3, 0.4) is 0 Å². The number of thiophene rings is 1. The molecule has 246 valence electrons. The van der Waals surface area contributed by atoms with E-state index in [0.717, 1.165) is 6.42 Å². The van der Waals surface area contributed by atoms with Gasteiger partial charge in [0.05, 0.1) is 16.6 Å². The molecule has 1 atom stereocenters. The largest absolute Gasteiger partial charge is 0.313 e. The van der Waals surface area contributed by atoms with Crippen LogP contribution in [0.25, 0.3) is 92.6 Å². The Morgan fingerprint density at radius 2 is 1.12 bits per heavy atom. The van der Waals surface area contributed by atoms with E-state index in [1.165, 1.54) is 97.8 Å². The van der Waals surface area contributed by atoms with Gasteiger partial charge in [-0.15, -0.1) is 11.3 Å². The minimum absolute atomic E-state index is 0.467. The highest BCUT2D eigenvalue weighted by atomic mass is 32.1. The standard InChI is InChI=1S/C49H34N2S/c1-31-10-9-15-39-42-30-35(24-28-44(42)51(48(31)39)36-11-3-2-4-12-36)34-20-18-32(19-21-34)33-22-25-37(26-23-33)50-43-16-7-5-14-41(43)47-45(50)29-27-40-38-13-6-8-17-46(38)52-49(40)47/h2-9,11-31H,10H2,1H3. The molecule has 0 N–H and O–H groups in total. The van der Waals surface area contributed by atoms with Gasteiger partial charge in [0, 0.05) is 64.9 Å². The number of nitrogens with zero attached hydrogens (tertiary/aromatic N) is 2. The van der Waals surface area contributed by atoms with Crippen molar-refractivity contribution in [3.63, 3.8) is 0 Å². The van der Waals surface area contributed by atoms with Crippen molar-refractivity contribution in [1.82, 2.24) is 9.13 Å². The molecule has 3 heteroatoms. The van der Waals surface area contributed by atoms with Crippen LogP contribution in [0.1, 0.15) is 30.5 Å². The minimum atomic E-state index is 0.467. The summed E-state index contributed by atoms with van der Waals surface area (Å²) >= 11 is 1.90. The zero-order valence-electron chi connectivity index (χ0n) is 28.8. The van der Waals surface area contributed by atoms with Crippen LogP contribution in [0.2, 0.25) is 0 Å². The summed E-state index contributed by atoms with van der Waals surface area (Å²) in [5.74, 6) is 0.467. The van der Waals surface area contributed by atoms with Crippen molar-refractivity contribution in [3.05, 3.63) is 175 Å². The molecule has 0 fully saturated rings. The molecule has 0 saturated carbocycles. The fraction of sp³-hybridized carbons (Fsp3) is 0.0612. The normalized spacial score (nSPS) is 14.3. The highest BCUT2D eigenvalue weighted by molar-refractivity contribution is 7.26. The molecule has 7 aromatic carbocycles. The summed E-state index contributed by atoms with van der Waals surface area (Å²) in [6.07, 6.45) is 5.73. The average Bonchev–Trinajstić information content (AvgIpc) is 3.86. The molecule has 3 heterocycles. The Morgan fingerprint density at radius 3 is 1.92 bits per heavy atom. The lowest BCUT2D eigenvalue weighted by molar-refractivity contribution is 0.723. The summed E-state index contributed by atoms with van der Waals surface area (Å²) in [5, 5.41) is 6.64. The number of para-hydroxylation sites is 2. The van der Waals surface area contributed by atoms with Gasteiger partial charge < -0.3 is 9.13 Å². The second kappa shape index (κ2) is 11.4. The third-order valence-corrected chi connectivity index (χ3v) is 12.4. The Labute approximate surface area is 306 Å². The third kappa shape index (κ3) is 4.36. The van der Waals surface area contributed by atoms with Gasteiger partial charge in [-0.2, -0.15) is 0 Å². The van der Waals surface area contributed by atoms with Crippen LogP contribution < -0.4 is 0 Å². The summed E-state index contributed by atoms with van der Waals surface area (Å²) < 4.78 is 7.60. The third-order valence-electron chi connectivity index (χ3n) is 11.2. The van der Waals surface area contributed by atoms with E-state index in [2.05, 4.69) is 186 Å². The van der Waals surface area contributed by atoms with E-state index in [4.69, 9.17) is 0 Å². The summed E-state index contributed by atoms with van der Waals surface area (Å²) in [5.41, 5.74) is 13.8.